The fourth-order valence-electron chi connectivity index (χ4n) is 5.97. The molecule has 2 aromatic rings. The van der Waals surface area contributed by atoms with Gasteiger partial charge in [0.25, 0.3) is 0 Å². The minimum absolute atomic E-state index is 0. The molecule has 7 heteroatoms. The number of hydrogen-bond acceptors (Lipinski definition) is 0. The first-order valence-corrected chi connectivity index (χ1v) is 20.0. The Labute approximate surface area is 397 Å². The summed E-state index contributed by atoms with van der Waals surface area (Å²) < 4.78 is 2.84. The van der Waals surface area contributed by atoms with Crippen LogP contribution in [0.5, 0.6) is 0 Å². The van der Waals surface area contributed by atoms with Gasteiger partial charge in [-0.1, -0.05) is 107 Å². The van der Waals surface area contributed by atoms with Crippen molar-refractivity contribution in [3.8, 4) is 0 Å². The van der Waals surface area contributed by atoms with Gasteiger partial charge in [0, 0.05) is 27.3 Å². The van der Waals surface area contributed by atoms with E-state index in [1.807, 2.05) is 60.7 Å². The third kappa shape index (κ3) is 44.3. The van der Waals surface area contributed by atoms with E-state index in [0.29, 0.717) is 0 Å². The van der Waals surface area contributed by atoms with Crippen molar-refractivity contribution in [1.82, 2.24) is 0 Å². The summed E-state index contributed by atoms with van der Waals surface area (Å²) in [4.78, 5) is 0. The fraction of sp³-hybridized carbons (Fsp3) is 0.727. The first-order valence-electron chi connectivity index (χ1n) is 20.0. The van der Waals surface area contributed by atoms with E-state index in [1.54, 1.807) is 0 Å². The smallest absolute Gasteiger partial charge is 0.0786 e. The molecule has 0 aliphatic heterocycles. The van der Waals surface area contributed by atoms with Crippen molar-refractivity contribution in [2.24, 2.45) is 0 Å². The fourth-order valence-corrected chi connectivity index (χ4v) is 5.97. The molecule has 0 unspecified atom stereocenters. The average molecular weight is 1260 g/mol. The summed E-state index contributed by atoms with van der Waals surface area (Å²) in [5.41, 5.74) is 0. The molecule has 0 saturated heterocycles. The van der Waals surface area contributed by atoms with Gasteiger partial charge in [0.2, 0.25) is 0 Å². The summed E-state index contributed by atoms with van der Waals surface area (Å²) in [5.74, 6) is 0. The second-order valence-corrected chi connectivity index (χ2v) is 13.5. The molecule has 0 bridgehead atoms. The quantitative estimate of drug-likeness (QED) is 0.0628. The van der Waals surface area contributed by atoms with Crippen LogP contribution in [-0.2, 0) is 0 Å². The van der Waals surface area contributed by atoms with E-state index < -0.39 is 0 Å². The van der Waals surface area contributed by atoms with Crippen LogP contribution < -0.4 is 81.9 Å². The topological polar surface area (TPSA) is 0 Å². The van der Waals surface area contributed by atoms with Gasteiger partial charge in [-0.3, -0.25) is 0 Å². The largest absolute Gasteiger partial charge is 1.00 e. The Hall–Kier alpha value is 1.70. The molecule has 0 fully saturated rings. The van der Waals surface area contributed by atoms with Crippen LogP contribution in [0.4, 0.5) is 0 Å². The van der Waals surface area contributed by atoms with Gasteiger partial charge in [0.15, 0.2) is 0 Å². The van der Waals surface area contributed by atoms with Crippen molar-refractivity contribution >= 4 is 27.3 Å². The van der Waals surface area contributed by atoms with Crippen molar-refractivity contribution in [3.05, 3.63) is 72.8 Å². The van der Waals surface area contributed by atoms with Crippen molar-refractivity contribution in [2.45, 2.75) is 158 Å². The zero-order chi connectivity index (χ0) is 34.5. The van der Waals surface area contributed by atoms with Crippen LogP contribution in [0.2, 0.25) is 0 Å². The van der Waals surface area contributed by atoms with Crippen molar-refractivity contribution in [3.63, 3.8) is 0 Å². The third-order valence-electron chi connectivity index (χ3n) is 9.10. The van der Waals surface area contributed by atoms with E-state index in [9.17, 15) is 0 Å². The molecule has 2 rings (SSSR count). The molecule has 0 spiro atoms. The van der Waals surface area contributed by atoms with Gasteiger partial charge in [-0.05, 0) is 51.4 Å². The van der Waals surface area contributed by atoms with Gasteiger partial charge in [-0.15, -0.1) is 0 Å². The van der Waals surface area contributed by atoms with Crippen molar-refractivity contribution in [1.29, 1.82) is 0 Å². The second kappa shape index (κ2) is 53.8. The Balaban J connectivity index is -0.000000106. The van der Waals surface area contributed by atoms with Crippen molar-refractivity contribution in [2.75, 3.05) is 52.4 Å². The molecule has 0 aliphatic carbocycles. The molecule has 0 amide bonds. The van der Waals surface area contributed by atoms with E-state index in [1.165, 1.54) is 164 Å². The maximum atomic E-state index is 2.89. The normalized spacial score (nSPS) is 9.88. The number of hydrogen-bond donors (Lipinski definition) is 0. The van der Waals surface area contributed by atoms with Crippen LogP contribution in [-0.4, -0.2) is 88.6 Å². The SMILES string of the molecule is CCCC[N+](CCCC)(CCCC)CCCC.CCCC[N+](CCCC)(CCCC)CCCC.[Br-].[Br-].[I-].[I-].[Pb].[c-]1ccccc1.[c-]1ccccc1. The van der Waals surface area contributed by atoms with Crippen LogP contribution >= 0.6 is 0 Å². The second-order valence-electron chi connectivity index (χ2n) is 13.5. The summed E-state index contributed by atoms with van der Waals surface area (Å²) in [6.45, 7) is 30.0. The summed E-state index contributed by atoms with van der Waals surface area (Å²) in [5, 5.41) is 0. The van der Waals surface area contributed by atoms with Crippen LogP contribution in [0.3, 0.4) is 0 Å². The van der Waals surface area contributed by atoms with Crippen LogP contribution in [0.25, 0.3) is 0 Å². The minimum Gasteiger partial charge on any atom is -1.00 e. The number of unbranched alkanes of at least 4 members (excludes halogenated alkanes) is 8. The Kier molecular flexibility index (Phi) is 71.2. The minimum atomic E-state index is 0. The van der Waals surface area contributed by atoms with Crippen molar-refractivity contribution < 1.29 is 90.9 Å². The first-order chi connectivity index (χ1) is 22.5. The van der Waals surface area contributed by atoms with Gasteiger partial charge in [0.05, 0.1) is 52.4 Å². The maximum Gasteiger partial charge on any atom is 0.0786 e. The van der Waals surface area contributed by atoms with E-state index in [-0.39, 0.29) is 109 Å². The first kappa shape index (κ1) is 67.4. The molecular formula is C44H82Br2I2N2Pb-4. The number of nitrogens with zero attached hydrogens (tertiary/aromatic N) is 2. The molecule has 0 N–H and O–H groups in total. The standard InChI is InChI=1S/2C16H36N.2C6H5.2BrH.2HI.Pb/c2*1-5-9-13-17(14-10-6-2,15-11-7-3)16-12-8-4;2*1-2-4-6-5-3-1;;;;;/h2*5-16H2,1-4H3;2*1-5H;4*1H;/q2*+1;2*-1;;;;;/p-4. The summed E-state index contributed by atoms with van der Waals surface area (Å²) in [6, 6.07) is 25.0. The zero-order valence-corrected chi connectivity index (χ0v) is 46.0. The average Bonchev–Trinajstić information content (AvgIpc) is 3.12. The maximum absolute atomic E-state index is 2.89. The summed E-state index contributed by atoms with van der Waals surface area (Å²) >= 11 is 0. The van der Waals surface area contributed by atoms with Gasteiger partial charge in [0.1, 0.15) is 0 Å². The van der Waals surface area contributed by atoms with E-state index in [0.717, 1.165) is 0 Å². The Morgan fingerprint density at radius 2 is 0.471 bits per heavy atom. The van der Waals surface area contributed by atoms with Crippen LogP contribution in [0, 0.1) is 12.1 Å². The van der Waals surface area contributed by atoms with Gasteiger partial charge in [-0.2, -0.15) is 72.8 Å². The molecular weight excluding hydrogens is 1180 g/mol. The molecule has 2 aromatic carbocycles. The number of benzene rings is 2. The molecule has 51 heavy (non-hydrogen) atoms. The van der Waals surface area contributed by atoms with Gasteiger partial charge < -0.3 is 90.9 Å². The Morgan fingerprint density at radius 1 is 0.314 bits per heavy atom. The van der Waals surface area contributed by atoms with Gasteiger partial charge >= 0.3 is 0 Å². The Bertz CT molecular complexity index is 610. The summed E-state index contributed by atoms with van der Waals surface area (Å²) in [7, 11) is 0. The Morgan fingerprint density at radius 3 is 0.549 bits per heavy atom. The molecule has 0 aliphatic rings. The molecule has 4 radical (unpaired) electrons. The molecule has 2 nitrogen and oxygen atoms in total. The molecule has 0 aromatic heterocycles. The number of quaternary nitrogens is 2. The number of halogens is 4. The monoisotopic (exact) mass is 1260 g/mol. The van der Waals surface area contributed by atoms with Crippen LogP contribution in [0.1, 0.15) is 158 Å². The summed E-state index contributed by atoms with van der Waals surface area (Å²) in [6.07, 6.45) is 22.1. The zero-order valence-electron chi connectivity index (χ0n) is 34.7. The number of rotatable bonds is 24. The van der Waals surface area contributed by atoms with E-state index in [4.69, 9.17) is 0 Å². The van der Waals surface area contributed by atoms with Gasteiger partial charge in [-0.25, -0.2) is 0 Å². The molecule has 0 saturated carbocycles. The van der Waals surface area contributed by atoms with Crippen LogP contribution in [0.15, 0.2) is 60.7 Å². The molecule has 304 valence electrons. The molecule has 0 heterocycles. The molecule has 0 atom stereocenters. The predicted octanol–water partition coefficient (Wildman–Crippen LogP) is 0.616. The van der Waals surface area contributed by atoms with E-state index in [2.05, 4.69) is 67.5 Å². The van der Waals surface area contributed by atoms with E-state index >= 15 is 0 Å². The third-order valence-corrected chi connectivity index (χ3v) is 9.10. The predicted molar refractivity (Wildman–Crippen MR) is 215 cm³/mol.